The van der Waals surface area contributed by atoms with Crippen molar-refractivity contribution in [3.8, 4) is 11.3 Å². The molecular weight excluding hydrogens is 188 g/mol. The van der Waals surface area contributed by atoms with Crippen molar-refractivity contribution in [2.24, 2.45) is 0 Å². The molecule has 76 valence electrons. The third kappa shape index (κ3) is 1.93. The molecule has 0 aliphatic heterocycles. The average molecular weight is 200 g/mol. The molecule has 0 spiro atoms. The number of rotatable bonds is 2. The third-order valence-electron chi connectivity index (χ3n) is 2.15. The van der Waals surface area contributed by atoms with Gasteiger partial charge in [-0.25, -0.2) is 4.98 Å². The first-order chi connectivity index (χ1) is 7.31. The second-order valence-electron chi connectivity index (χ2n) is 3.18. The fourth-order valence-electron chi connectivity index (χ4n) is 1.43. The predicted molar refractivity (Wildman–Crippen MR) is 59.1 cm³/mol. The van der Waals surface area contributed by atoms with E-state index < -0.39 is 0 Å². The smallest absolute Gasteiger partial charge is 0.240 e. The summed E-state index contributed by atoms with van der Waals surface area (Å²) in [5.41, 5.74) is 8.25. The number of hydrogen-bond donors (Lipinski definition) is 1. The lowest BCUT2D eigenvalue weighted by Crippen LogP contribution is -2.03. The highest BCUT2D eigenvalue weighted by atomic mass is 15.2. The van der Waals surface area contributed by atoms with Gasteiger partial charge in [0.1, 0.15) is 0 Å². The summed E-state index contributed by atoms with van der Waals surface area (Å²) in [4.78, 5) is 4.22. The quantitative estimate of drug-likeness (QED) is 0.801. The van der Waals surface area contributed by atoms with E-state index in [1.807, 2.05) is 37.3 Å². The average Bonchev–Trinajstić information content (AvgIpc) is 2.30. The van der Waals surface area contributed by atoms with E-state index >= 15 is 0 Å². The van der Waals surface area contributed by atoms with Crippen molar-refractivity contribution < 1.29 is 0 Å². The number of aryl methyl sites for hydroxylation is 1. The fraction of sp³-hybridized carbons (Fsp3) is 0.182. The molecule has 0 radical (unpaired) electrons. The molecule has 1 aromatic heterocycles. The van der Waals surface area contributed by atoms with Gasteiger partial charge in [0.15, 0.2) is 0 Å². The summed E-state index contributed by atoms with van der Waals surface area (Å²) in [6.07, 6.45) is 0.796. The Bertz CT molecular complexity index is 453. The molecule has 4 nitrogen and oxygen atoms in total. The number of hydrogen-bond acceptors (Lipinski definition) is 4. The van der Waals surface area contributed by atoms with Gasteiger partial charge in [0.2, 0.25) is 5.95 Å². The maximum absolute atomic E-state index is 5.53. The van der Waals surface area contributed by atoms with Crippen LogP contribution in [0.15, 0.2) is 30.3 Å². The van der Waals surface area contributed by atoms with E-state index in [1.165, 1.54) is 0 Å². The number of nitrogens with two attached hydrogens (primary N) is 1. The zero-order valence-electron chi connectivity index (χ0n) is 8.51. The molecule has 0 aliphatic rings. The maximum atomic E-state index is 5.53. The van der Waals surface area contributed by atoms with Crippen LogP contribution in [0.3, 0.4) is 0 Å². The van der Waals surface area contributed by atoms with Crippen LogP contribution >= 0.6 is 0 Å². The van der Waals surface area contributed by atoms with Crippen LogP contribution in [0.25, 0.3) is 11.3 Å². The Hall–Kier alpha value is -1.97. The minimum absolute atomic E-state index is 0.214. The second kappa shape index (κ2) is 4.04. The molecule has 0 saturated heterocycles. The lowest BCUT2D eigenvalue weighted by atomic mass is 10.1. The van der Waals surface area contributed by atoms with Crippen LogP contribution in [-0.4, -0.2) is 15.2 Å². The van der Waals surface area contributed by atoms with Crippen molar-refractivity contribution in [3.05, 3.63) is 36.0 Å². The lowest BCUT2D eigenvalue weighted by molar-refractivity contribution is 0.894. The first-order valence-corrected chi connectivity index (χ1v) is 4.85. The van der Waals surface area contributed by atoms with Crippen molar-refractivity contribution in [3.63, 3.8) is 0 Å². The van der Waals surface area contributed by atoms with E-state index in [4.69, 9.17) is 5.73 Å². The number of nitrogen functional groups attached to an aromatic ring is 1. The van der Waals surface area contributed by atoms with Crippen molar-refractivity contribution in [2.45, 2.75) is 13.3 Å². The van der Waals surface area contributed by atoms with E-state index in [1.54, 1.807) is 0 Å². The highest BCUT2D eigenvalue weighted by molar-refractivity contribution is 5.61. The van der Waals surface area contributed by atoms with Gasteiger partial charge >= 0.3 is 0 Å². The van der Waals surface area contributed by atoms with Crippen LogP contribution in [0, 0.1) is 0 Å². The number of aromatic nitrogens is 3. The van der Waals surface area contributed by atoms with Crippen LogP contribution in [0.2, 0.25) is 0 Å². The topological polar surface area (TPSA) is 64.7 Å². The van der Waals surface area contributed by atoms with Crippen molar-refractivity contribution in [2.75, 3.05) is 5.73 Å². The first kappa shape index (κ1) is 9.58. The molecule has 0 unspecified atom stereocenters. The molecule has 2 aromatic rings. The molecule has 2 rings (SSSR count). The van der Waals surface area contributed by atoms with Gasteiger partial charge in [-0.2, -0.15) is 0 Å². The van der Waals surface area contributed by atoms with Gasteiger partial charge in [-0.1, -0.05) is 37.3 Å². The van der Waals surface area contributed by atoms with Crippen molar-refractivity contribution in [1.82, 2.24) is 15.2 Å². The lowest BCUT2D eigenvalue weighted by Gasteiger charge is -2.05. The van der Waals surface area contributed by atoms with Gasteiger partial charge in [-0.05, 0) is 6.42 Å². The van der Waals surface area contributed by atoms with Crippen LogP contribution < -0.4 is 5.73 Å². The zero-order valence-corrected chi connectivity index (χ0v) is 8.51. The van der Waals surface area contributed by atoms with E-state index in [0.29, 0.717) is 0 Å². The predicted octanol–water partition coefficient (Wildman–Crippen LogP) is 1.68. The molecule has 1 aromatic carbocycles. The minimum atomic E-state index is 0.214. The number of anilines is 1. The Balaban J connectivity index is 2.56. The molecule has 2 N–H and O–H groups in total. The second-order valence-corrected chi connectivity index (χ2v) is 3.18. The maximum Gasteiger partial charge on any atom is 0.240 e. The summed E-state index contributed by atoms with van der Waals surface area (Å²) in [6.45, 7) is 2.02. The fourth-order valence-corrected chi connectivity index (χ4v) is 1.43. The van der Waals surface area contributed by atoms with Gasteiger partial charge in [-0.15, -0.1) is 10.2 Å². The largest absolute Gasteiger partial charge is 0.366 e. The van der Waals surface area contributed by atoms with E-state index in [0.717, 1.165) is 23.4 Å². The summed E-state index contributed by atoms with van der Waals surface area (Å²) in [6, 6.07) is 9.87. The summed E-state index contributed by atoms with van der Waals surface area (Å²) in [5, 5.41) is 7.79. The highest BCUT2D eigenvalue weighted by Crippen LogP contribution is 2.19. The molecule has 0 atom stereocenters. The standard InChI is InChI=1S/C11H12N4/c1-2-9-10(13-11(12)15-14-9)8-6-4-3-5-7-8/h3-7H,2H2,1H3,(H2,12,13,15). The highest BCUT2D eigenvalue weighted by Gasteiger charge is 2.07. The van der Waals surface area contributed by atoms with Crippen LogP contribution in [0.4, 0.5) is 5.95 Å². The van der Waals surface area contributed by atoms with E-state index in [9.17, 15) is 0 Å². The molecule has 0 aliphatic carbocycles. The first-order valence-electron chi connectivity index (χ1n) is 4.85. The van der Waals surface area contributed by atoms with E-state index in [-0.39, 0.29) is 5.95 Å². The SMILES string of the molecule is CCc1nnc(N)nc1-c1ccccc1. The molecule has 1 heterocycles. The third-order valence-corrected chi connectivity index (χ3v) is 2.15. The van der Waals surface area contributed by atoms with Gasteiger partial charge in [0, 0.05) is 5.56 Å². The summed E-state index contributed by atoms with van der Waals surface area (Å²) in [7, 11) is 0. The van der Waals surface area contributed by atoms with Gasteiger partial charge in [0.25, 0.3) is 0 Å². The Morgan fingerprint density at radius 1 is 1.13 bits per heavy atom. The molecular formula is C11H12N4. The van der Waals surface area contributed by atoms with Crippen LogP contribution in [-0.2, 0) is 6.42 Å². The number of benzene rings is 1. The molecule has 0 bridgehead atoms. The Morgan fingerprint density at radius 2 is 1.87 bits per heavy atom. The van der Waals surface area contributed by atoms with Gasteiger partial charge < -0.3 is 5.73 Å². The van der Waals surface area contributed by atoms with Crippen molar-refractivity contribution in [1.29, 1.82) is 0 Å². The van der Waals surface area contributed by atoms with Crippen LogP contribution in [0.1, 0.15) is 12.6 Å². The summed E-state index contributed by atoms with van der Waals surface area (Å²) < 4.78 is 0. The van der Waals surface area contributed by atoms with Gasteiger partial charge in [0.05, 0.1) is 11.4 Å². The summed E-state index contributed by atoms with van der Waals surface area (Å²) >= 11 is 0. The number of nitrogens with zero attached hydrogens (tertiary/aromatic N) is 3. The zero-order chi connectivity index (χ0) is 10.7. The minimum Gasteiger partial charge on any atom is -0.366 e. The van der Waals surface area contributed by atoms with E-state index in [2.05, 4.69) is 15.2 Å². The molecule has 0 fully saturated rings. The van der Waals surface area contributed by atoms with Crippen molar-refractivity contribution >= 4 is 5.95 Å². The molecule has 0 amide bonds. The summed E-state index contributed by atoms with van der Waals surface area (Å²) in [5.74, 6) is 0.214. The van der Waals surface area contributed by atoms with Crippen LogP contribution in [0.5, 0.6) is 0 Å². The Kier molecular flexibility index (Phi) is 2.58. The molecule has 15 heavy (non-hydrogen) atoms. The monoisotopic (exact) mass is 200 g/mol. The molecule has 4 heteroatoms. The molecule has 0 saturated carbocycles. The Morgan fingerprint density at radius 3 is 2.53 bits per heavy atom. The normalized spacial score (nSPS) is 10.2. The Labute approximate surface area is 88.2 Å². The van der Waals surface area contributed by atoms with Gasteiger partial charge in [-0.3, -0.25) is 0 Å².